The number of rotatable bonds is 4. The predicted octanol–water partition coefficient (Wildman–Crippen LogP) is 4.66. The van der Waals surface area contributed by atoms with E-state index in [-0.39, 0.29) is 36.1 Å². The molecule has 0 bridgehead atoms. The van der Waals surface area contributed by atoms with E-state index in [1.165, 1.54) is 0 Å². The van der Waals surface area contributed by atoms with Gasteiger partial charge in [0.2, 0.25) is 5.91 Å². The number of anilines is 1. The van der Waals surface area contributed by atoms with Crippen LogP contribution in [-0.4, -0.2) is 57.6 Å². The van der Waals surface area contributed by atoms with Gasteiger partial charge < -0.3 is 19.6 Å². The van der Waals surface area contributed by atoms with E-state index in [0.29, 0.717) is 35.2 Å². The van der Waals surface area contributed by atoms with Gasteiger partial charge in [0.05, 0.1) is 16.5 Å². The SMILES string of the molecule is Cc1cccc(NC(=O)N2CCN(C(=O)Cc3noc(-c4ccc(Cl)c(Cl)c4)n3)C[C@@H]2C)c1. The Labute approximate surface area is 201 Å². The van der Waals surface area contributed by atoms with Gasteiger partial charge in [0, 0.05) is 36.9 Å². The van der Waals surface area contributed by atoms with Crippen LogP contribution < -0.4 is 5.32 Å². The Hall–Kier alpha value is -3.10. The number of carbonyl (C=O) groups excluding carboxylic acids is 2. The molecule has 1 fully saturated rings. The molecule has 1 N–H and O–H groups in total. The predicted molar refractivity (Wildman–Crippen MR) is 126 cm³/mol. The molecule has 0 radical (unpaired) electrons. The number of aryl methyl sites for hydroxylation is 1. The average molecular weight is 488 g/mol. The smallest absolute Gasteiger partial charge is 0.322 e. The monoisotopic (exact) mass is 487 g/mol. The molecular weight excluding hydrogens is 465 g/mol. The van der Waals surface area contributed by atoms with Crippen LogP contribution in [0.4, 0.5) is 10.5 Å². The van der Waals surface area contributed by atoms with Gasteiger partial charge in [-0.25, -0.2) is 4.79 Å². The number of amides is 3. The van der Waals surface area contributed by atoms with Gasteiger partial charge in [-0.2, -0.15) is 4.98 Å². The third-order valence-corrected chi connectivity index (χ3v) is 6.19. The molecule has 1 aliphatic heterocycles. The van der Waals surface area contributed by atoms with Gasteiger partial charge in [0.15, 0.2) is 5.82 Å². The van der Waals surface area contributed by atoms with Crippen molar-refractivity contribution in [2.75, 3.05) is 25.0 Å². The lowest BCUT2D eigenvalue weighted by atomic mass is 10.2. The summed E-state index contributed by atoms with van der Waals surface area (Å²) in [4.78, 5) is 33.3. The zero-order chi connectivity index (χ0) is 23.5. The van der Waals surface area contributed by atoms with Crippen LogP contribution in [0.3, 0.4) is 0 Å². The Kier molecular flexibility index (Phi) is 6.85. The first-order chi connectivity index (χ1) is 15.8. The van der Waals surface area contributed by atoms with Crippen molar-refractivity contribution < 1.29 is 14.1 Å². The van der Waals surface area contributed by atoms with Crippen molar-refractivity contribution in [3.63, 3.8) is 0 Å². The van der Waals surface area contributed by atoms with Gasteiger partial charge in [0.25, 0.3) is 5.89 Å². The van der Waals surface area contributed by atoms with E-state index in [9.17, 15) is 9.59 Å². The van der Waals surface area contributed by atoms with E-state index in [2.05, 4.69) is 15.5 Å². The molecule has 1 saturated heterocycles. The minimum Gasteiger partial charge on any atom is -0.338 e. The lowest BCUT2D eigenvalue weighted by Gasteiger charge is -2.39. The molecule has 4 rings (SSSR count). The van der Waals surface area contributed by atoms with Crippen molar-refractivity contribution in [1.29, 1.82) is 0 Å². The Morgan fingerprint density at radius 3 is 2.70 bits per heavy atom. The van der Waals surface area contributed by atoms with Gasteiger partial charge in [-0.15, -0.1) is 0 Å². The lowest BCUT2D eigenvalue weighted by Crippen LogP contribution is -2.56. The molecule has 3 amide bonds. The van der Waals surface area contributed by atoms with Gasteiger partial charge >= 0.3 is 6.03 Å². The number of carbonyl (C=O) groups is 2. The fourth-order valence-electron chi connectivity index (χ4n) is 3.72. The van der Waals surface area contributed by atoms with Crippen LogP contribution in [-0.2, 0) is 11.2 Å². The normalized spacial score (nSPS) is 16.1. The highest BCUT2D eigenvalue weighted by Crippen LogP contribution is 2.27. The number of nitrogens with zero attached hydrogens (tertiary/aromatic N) is 4. The molecule has 8 nitrogen and oxygen atoms in total. The highest BCUT2D eigenvalue weighted by atomic mass is 35.5. The van der Waals surface area contributed by atoms with Gasteiger partial charge in [-0.05, 0) is 49.7 Å². The van der Waals surface area contributed by atoms with Crippen molar-refractivity contribution in [1.82, 2.24) is 19.9 Å². The third kappa shape index (κ3) is 5.46. The standard InChI is InChI=1S/C23H23Cl2N5O3/c1-14-4-3-5-17(10-14)26-23(32)30-9-8-29(13-15(30)2)21(31)12-20-27-22(33-28-20)16-6-7-18(24)19(25)11-16/h3-7,10-11,15H,8-9,12-13H2,1-2H3,(H,26,32)/t15-/m0/s1. The maximum absolute atomic E-state index is 12.8. The molecule has 2 aromatic carbocycles. The summed E-state index contributed by atoms with van der Waals surface area (Å²) in [5.41, 5.74) is 2.44. The topological polar surface area (TPSA) is 91.6 Å². The summed E-state index contributed by atoms with van der Waals surface area (Å²) >= 11 is 12.0. The largest absolute Gasteiger partial charge is 0.338 e. The number of hydrogen-bond acceptors (Lipinski definition) is 5. The summed E-state index contributed by atoms with van der Waals surface area (Å²) in [7, 11) is 0. The number of nitrogens with one attached hydrogen (secondary N) is 1. The molecule has 0 saturated carbocycles. The minimum absolute atomic E-state index is 0.00697. The summed E-state index contributed by atoms with van der Waals surface area (Å²) in [6.07, 6.45) is 0.00697. The highest BCUT2D eigenvalue weighted by molar-refractivity contribution is 6.42. The van der Waals surface area contributed by atoms with Crippen molar-refractivity contribution >= 4 is 40.8 Å². The molecule has 2 heterocycles. The number of hydrogen-bond donors (Lipinski definition) is 1. The number of aromatic nitrogens is 2. The average Bonchev–Trinajstić information content (AvgIpc) is 3.24. The Morgan fingerprint density at radius 1 is 1.15 bits per heavy atom. The van der Waals surface area contributed by atoms with E-state index >= 15 is 0 Å². The molecule has 172 valence electrons. The quantitative estimate of drug-likeness (QED) is 0.577. The third-order valence-electron chi connectivity index (χ3n) is 5.45. The van der Waals surface area contributed by atoms with Gasteiger partial charge in [-0.1, -0.05) is 40.5 Å². The Morgan fingerprint density at radius 2 is 1.97 bits per heavy atom. The fraction of sp³-hybridized carbons (Fsp3) is 0.304. The van der Waals surface area contributed by atoms with E-state index < -0.39 is 0 Å². The van der Waals surface area contributed by atoms with Crippen molar-refractivity contribution in [3.8, 4) is 11.5 Å². The van der Waals surface area contributed by atoms with E-state index in [1.54, 1.807) is 28.0 Å². The fourth-order valence-corrected chi connectivity index (χ4v) is 4.02. The molecule has 0 unspecified atom stereocenters. The summed E-state index contributed by atoms with van der Waals surface area (Å²) in [5.74, 6) is 0.429. The Balaban J connectivity index is 1.33. The zero-order valence-corrected chi connectivity index (χ0v) is 19.7. The zero-order valence-electron chi connectivity index (χ0n) is 18.2. The summed E-state index contributed by atoms with van der Waals surface area (Å²) in [6, 6.07) is 12.3. The molecule has 0 spiro atoms. The van der Waals surface area contributed by atoms with Crippen LogP contribution in [0.25, 0.3) is 11.5 Å². The van der Waals surface area contributed by atoms with E-state index in [1.807, 2.05) is 38.1 Å². The van der Waals surface area contributed by atoms with Crippen LogP contribution in [0.2, 0.25) is 10.0 Å². The second-order valence-corrected chi connectivity index (χ2v) is 8.82. The van der Waals surface area contributed by atoms with Crippen LogP contribution in [0.5, 0.6) is 0 Å². The molecule has 1 aliphatic rings. The van der Waals surface area contributed by atoms with Crippen molar-refractivity contribution in [2.45, 2.75) is 26.3 Å². The van der Waals surface area contributed by atoms with E-state index in [4.69, 9.17) is 27.7 Å². The number of halogens is 2. The van der Waals surface area contributed by atoms with Crippen LogP contribution in [0.1, 0.15) is 18.3 Å². The Bertz CT molecular complexity index is 1180. The summed E-state index contributed by atoms with van der Waals surface area (Å²) in [6.45, 7) is 5.19. The maximum Gasteiger partial charge on any atom is 0.322 e. The number of benzene rings is 2. The molecule has 0 aliphatic carbocycles. The van der Waals surface area contributed by atoms with Gasteiger partial charge in [-0.3, -0.25) is 4.79 Å². The molecule has 33 heavy (non-hydrogen) atoms. The molecule has 3 aromatic rings. The maximum atomic E-state index is 12.8. The number of urea groups is 1. The second-order valence-electron chi connectivity index (χ2n) is 8.00. The summed E-state index contributed by atoms with van der Waals surface area (Å²) < 4.78 is 5.27. The molecular formula is C23H23Cl2N5O3. The van der Waals surface area contributed by atoms with Crippen molar-refractivity contribution in [2.24, 2.45) is 0 Å². The molecule has 1 atom stereocenters. The van der Waals surface area contributed by atoms with Crippen LogP contribution >= 0.6 is 23.2 Å². The van der Waals surface area contributed by atoms with Crippen molar-refractivity contribution in [3.05, 3.63) is 63.9 Å². The number of piperazine rings is 1. The molecule has 1 aromatic heterocycles. The van der Waals surface area contributed by atoms with E-state index in [0.717, 1.165) is 11.3 Å². The van der Waals surface area contributed by atoms with Gasteiger partial charge in [0.1, 0.15) is 0 Å². The second kappa shape index (κ2) is 9.80. The summed E-state index contributed by atoms with van der Waals surface area (Å²) in [5, 5.41) is 7.64. The lowest BCUT2D eigenvalue weighted by molar-refractivity contribution is -0.132. The molecule has 10 heteroatoms. The first kappa shape index (κ1) is 23.1. The first-order valence-corrected chi connectivity index (χ1v) is 11.3. The highest BCUT2D eigenvalue weighted by Gasteiger charge is 2.30. The first-order valence-electron chi connectivity index (χ1n) is 10.5. The van der Waals surface area contributed by atoms with Crippen LogP contribution in [0.15, 0.2) is 47.0 Å². The minimum atomic E-state index is -0.176. The van der Waals surface area contributed by atoms with Crippen LogP contribution in [0, 0.1) is 6.92 Å².